The fourth-order valence-electron chi connectivity index (χ4n) is 2.42. The first-order valence-corrected chi connectivity index (χ1v) is 8.47. The molecule has 134 valence electrons. The van der Waals surface area contributed by atoms with Gasteiger partial charge in [0.25, 0.3) is 0 Å². The number of ether oxygens (including phenoxy) is 3. The first-order valence-electron chi connectivity index (χ1n) is 8.47. The summed E-state index contributed by atoms with van der Waals surface area (Å²) in [5.41, 5.74) is 1.02. The van der Waals surface area contributed by atoms with Gasteiger partial charge in [0.15, 0.2) is 0 Å². The number of para-hydroxylation sites is 1. The van der Waals surface area contributed by atoms with E-state index in [1.165, 1.54) is 0 Å². The lowest BCUT2D eigenvalue weighted by Gasteiger charge is -2.14. The van der Waals surface area contributed by atoms with Crippen LogP contribution in [-0.4, -0.2) is 25.3 Å². The normalized spacial score (nSPS) is 10.2. The molecule has 26 heavy (non-hydrogen) atoms. The van der Waals surface area contributed by atoms with Crippen LogP contribution >= 0.6 is 0 Å². The van der Waals surface area contributed by atoms with Crippen molar-refractivity contribution in [2.45, 2.75) is 6.54 Å². The molecule has 3 rings (SSSR count). The zero-order valence-electron chi connectivity index (χ0n) is 14.7. The monoisotopic (exact) mass is 350 g/mol. The molecule has 0 saturated heterocycles. The Morgan fingerprint density at radius 1 is 0.846 bits per heavy atom. The Bertz CT molecular complexity index is 795. The van der Waals surface area contributed by atoms with E-state index in [1.807, 2.05) is 66.7 Å². The largest absolute Gasteiger partial charge is 0.497 e. The second-order valence-corrected chi connectivity index (χ2v) is 5.55. The number of rotatable bonds is 9. The molecule has 1 N–H and O–H groups in total. The first kappa shape index (κ1) is 17.6. The highest BCUT2D eigenvalue weighted by molar-refractivity contribution is 5.43. The number of aromatic nitrogens is 1. The maximum atomic E-state index is 5.92. The van der Waals surface area contributed by atoms with Crippen molar-refractivity contribution < 1.29 is 14.2 Å². The van der Waals surface area contributed by atoms with Crippen molar-refractivity contribution in [3.63, 3.8) is 0 Å². The molecule has 3 aromatic rings. The number of benzene rings is 2. The van der Waals surface area contributed by atoms with E-state index < -0.39 is 0 Å². The minimum atomic E-state index is 0.443. The molecular formula is C21H22N2O3. The van der Waals surface area contributed by atoms with Crippen molar-refractivity contribution >= 4 is 5.82 Å². The Kier molecular flexibility index (Phi) is 6.31. The molecule has 2 aromatic carbocycles. The fraction of sp³-hybridized carbons (Fsp3) is 0.190. The number of nitrogens with one attached hydrogen (secondary N) is 1. The lowest BCUT2D eigenvalue weighted by molar-refractivity contribution is 0.215. The van der Waals surface area contributed by atoms with Gasteiger partial charge in [-0.1, -0.05) is 24.3 Å². The molecule has 0 spiro atoms. The summed E-state index contributed by atoms with van der Waals surface area (Å²) in [4.78, 5) is 4.27. The molecule has 1 heterocycles. The summed E-state index contributed by atoms with van der Waals surface area (Å²) in [6.45, 7) is 1.52. The van der Waals surface area contributed by atoms with Gasteiger partial charge in [-0.15, -0.1) is 0 Å². The van der Waals surface area contributed by atoms with Crippen LogP contribution in [-0.2, 0) is 6.54 Å². The summed E-state index contributed by atoms with van der Waals surface area (Å²) in [6.07, 6.45) is 1.76. The summed E-state index contributed by atoms with van der Waals surface area (Å²) in [5, 5.41) is 3.29. The molecule has 0 radical (unpaired) electrons. The number of hydrogen-bond donors (Lipinski definition) is 1. The number of hydrogen-bond acceptors (Lipinski definition) is 5. The van der Waals surface area contributed by atoms with Gasteiger partial charge >= 0.3 is 0 Å². The van der Waals surface area contributed by atoms with E-state index in [0.717, 1.165) is 28.6 Å². The second-order valence-electron chi connectivity index (χ2n) is 5.55. The molecule has 0 aliphatic carbocycles. The van der Waals surface area contributed by atoms with Gasteiger partial charge in [0.05, 0.1) is 7.11 Å². The van der Waals surface area contributed by atoms with E-state index in [2.05, 4.69) is 10.3 Å². The van der Waals surface area contributed by atoms with Gasteiger partial charge in [0, 0.05) is 24.4 Å². The maximum absolute atomic E-state index is 5.92. The molecule has 0 fully saturated rings. The number of methoxy groups -OCH3 is 1. The van der Waals surface area contributed by atoms with Crippen LogP contribution in [0.4, 0.5) is 5.82 Å². The lowest BCUT2D eigenvalue weighted by atomic mass is 10.2. The van der Waals surface area contributed by atoms with Crippen LogP contribution in [0.25, 0.3) is 0 Å². The van der Waals surface area contributed by atoms with Crippen molar-refractivity contribution in [2.24, 2.45) is 0 Å². The maximum Gasteiger partial charge on any atom is 0.128 e. The molecule has 5 nitrogen and oxygen atoms in total. The Morgan fingerprint density at radius 3 is 2.42 bits per heavy atom. The molecule has 0 aliphatic rings. The summed E-state index contributed by atoms with van der Waals surface area (Å²) >= 11 is 0. The van der Waals surface area contributed by atoms with Gasteiger partial charge in [-0.3, -0.25) is 0 Å². The van der Waals surface area contributed by atoms with Gasteiger partial charge in [0.2, 0.25) is 0 Å². The van der Waals surface area contributed by atoms with E-state index in [0.29, 0.717) is 19.8 Å². The van der Waals surface area contributed by atoms with Gasteiger partial charge in [-0.05, 0) is 36.4 Å². The van der Waals surface area contributed by atoms with Crippen LogP contribution < -0.4 is 19.5 Å². The minimum Gasteiger partial charge on any atom is -0.497 e. The highest BCUT2D eigenvalue weighted by atomic mass is 16.5. The number of nitrogens with zero attached hydrogens (tertiary/aromatic N) is 1. The summed E-state index contributed by atoms with van der Waals surface area (Å²) < 4.78 is 16.9. The van der Waals surface area contributed by atoms with Gasteiger partial charge in [-0.2, -0.15) is 0 Å². The SMILES string of the molecule is COc1ccc(CNc2ccccn2)c(OCCOc2ccccc2)c1. The second kappa shape index (κ2) is 9.32. The molecule has 5 heteroatoms. The molecular weight excluding hydrogens is 328 g/mol. The Balaban J connectivity index is 1.58. The Labute approximate surface area is 153 Å². The third kappa shape index (κ3) is 5.14. The van der Waals surface area contributed by atoms with Crippen molar-refractivity contribution in [3.8, 4) is 17.2 Å². The highest BCUT2D eigenvalue weighted by Gasteiger charge is 2.07. The predicted molar refractivity (Wildman–Crippen MR) is 102 cm³/mol. The van der Waals surface area contributed by atoms with Gasteiger partial charge < -0.3 is 19.5 Å². The zero-order chi connectivity index (χ0) is 18.0. The molecule has 0 atom stereocenters. The Hall–Kier alpha value is -3.21. The smallest absolute Gasteiger partial charge is 0.128 e. The van der Waals surface area contributed by atoms with E-state index >= 15 is 0 Å². The van der Waals surface area contributed by atoms with Crippen molar-refractivity contribution in [2.75, 3.05) is 25.6 Å². The topological polar surface area (TPSA) is 52.6 Å². The van der Waals surface area contributed by atoms with Crippen molar-refractivity contribution in [3.05, 3.63) is 78.5 Å². The van der Waals surface area contributed by atoms with Crippen molar-refractivity contribution in [1.29, 1.82) is 0 Å². The highest BCUT2D eigenvalue weighted by Crippen LogP contribution is 2.25. The van der Waals surface area contributed by atoms with Crippen LogP contribution in [0.1, 0.15) is 5.56 Å². The van der Waals surface area contributed by atoms with Crippen LogP contribution in [0, 0.1) is 0 Å². The quantitative estimate of drug-likeness (QED) is 0.587. The zero-order valence-corrected chi connectivity index (χ0v) is 14.7. The van der Waals surface area contributed by atoms with E-state index in [-0.39, 0.29) is 0 Å². The standard InChI is InChI=1S/C21H22N2O3/c1-24-19-11-10-17(16-23-21-9-5-6-12-22-21)20(15-19)26-14-13-25-18-7-3-2-4-8-18/h2-12,15H,13-14,16H2,1H3,(H,22,23). The fourth-order valence-corrected chi connectivity index (χ4v) is 2.42. The number of pyridine rings is 1. The van der Waals surface area contributed by atoms with Crippen LogP contribution in [0.3, 0.4) is 0 Å². The minimum absolute atomic E-state index is 0.443. The Morgan fingerprint density at radius 2 is 1.65 bits per heavy atom. The summed E-state index contributed by atoms with van der Waals surface area (Å²) in [5.74, 6) is 3.18. The third-order valence-corrected chi connectivity index (χ3v) is 3.75. The van der Waals surface area contributed by atoms with Crippen molar-refractivity contribution in [1.82, 2.24) is 4.98 Å². The lowest BCUT2D eigenvalue weighted by Crippen LogP contribution is -2.11. The first-order chi connectivity index (χ1) is 12.8. The van der Waals surface area contributed by atoms with E-state index in [9.17, 15) is 0 Å². The van der Waals surface area contributed by atoms with E-state index in [1.54, 1.807) is 13.3 Å². The van der Waals surface area contributed by atoms with Crippen LogP contribution in [0.5, 0.6) is 17.2 Å². The van der Waals surface area contributed by atoms with E-state index in [4.69, 9.17) is 14.2 Å². The summed E-state index contributed by atoms with van der Waals surface area (Å²) in [6, 6.07) is 21.3. The molecule has 0 aliphatic heterocycles. The average molecular weight is 350 g/mol. The molecule has 1 aromatic heterocycles. The van der Waals surface area contributed by atoms with Crippen LogP contribution in [0.15, 0.2) is 72.9 Å². The average Bonchev–Trinajstić information content (AvgIpc) is 2.71. The van der Waals surface area contributed by atoms with Crippen LogP contribution in [0.2, 0.25) is 0 Å². The number of anilines is 1. The van der Waals surface area contributed by atoms with Gasteiger partial charge in [-0.25, -0.2) is 4.98 Å². The third-order valence-electron chi connectivity index (χ3n) is 3.75. The molecule has 0 unspecified atom stereocenters. The molecule has 0 bridgehead atoms. The van der Waals surface area contributed by atoms with Gasteiger partial charge in [0.1, 0.15) is 36.3 Å². The molecule has 0 amide bonds. The predicted octanol–water partition coefficient (Wildman–Crippen LogP) is 4.16. The molecule has 0 saturated carbocycles. The summed E-state index contributed by atoms with van der Waals surface area (Å²) in [7, 11) is 1.64.